The van der Waals surface area contributed by atoms with E-state index in [1.54, 1.807) is 12.1 Å². The molecule has 0 unspecified atom stereocenters. The van der Waals surface area contributed by atoms with Gasteiger partial charge in [0.05, 0.1) is 6.26 Å². The zero-order valence-corrected chi connectivity index (χ0v) is 13.2. The number of nitrogens with zero attached hydrogens (tertiary/aromatic N) is 4. The van der Waals surface area contributed by atoms with Gasteiger partial charge in [-0.05, 0) is 12.1 Å². The van der Waals surface area contributed by atoms with Crippen LogP contribution in [0.15, 0.2) is 27.2 Å². The highest BCUT2D eigenvalue weighted by molar-refractivity contribution is 5.78. The quantitative estimate of drug-likeness (QED) is 0.862. The second-order valence-electron chi connectivity index (χ2n) is 5.73. The average molecular weight is 314 g/mol. The number of aromatic nitrogens is 1. The molecular weight excluding hydrogens is 296 g/mol. The van der Waals surface area contributed by atoms with Crippen molar-refractivity contribution < 1.29 is 13.6 Å². The molecule has 23 heavy (non-hydrogen) atoms. The van der Waals surface area contributed by atoms with Gasteiger partial charge in [-0.3, -0.25) is 4.79 Å². The summed E-state index contributed by atoms with van der Waals surface area (Å²) in [4.78, 5) is 20.0. The molecule has 1 saturated heterocycles. The maximum Gasteiger partial charge on any atom is 0.266 e. The second-order valence-corrected chi connectivity index (χ2v) is 5.73. The number of amides is 1. The molecule has 0 aromatic carbocycles. The maximum atomic E-state index is 12.0. The van der Waals surface area contributed by atoms with Crippen LogP contribution < -0.4 is 4.90 Å². The molecule has 1 fully saturated rings. The molecule has 0 atom stereocenters. The molecule has 1 aliphatic heterocycles. The SMILES string of the molecule is CC(C)C(=O)N1CCN(c2oc(-c3ccco3)nc2C#N)CC1. The summed E-state index contributed by atoms with van der Waals surface area (Å²) in [6.07, 6.45) is 1.53. The number of anilines is 1. The first-order valence-corrected chi connectivity index (χ1v) is 7.58. The van der Waals surface area contributed by atoms with Gasteiger partial charge in [0.25, 0.3) is 5.89 Å². The van der Waals surface area contributed by atoms with Gasteiger partial charge in [0.15, 0.2) is 5.76 Å². The summed E-state index contributed by atoms with van der Waals surface area (Å²) < 4.78 is 11.0. The molecular formula is C16H18N4O3. The van der Waals surface area contributed by atoms with Crippen molar-refractivity contribution in [3.05, 3.63) is 24.1 Å². The molecule has 0 N–H and O–H groups in total. The molecule has 0 radical (unpaired) electrons. The van der Waals surface area contributed by atoms with Gasteiger partial charge in [0.1, 0.15) is 6.07 Å². The van der Waals surface area contributed by atoms with Gasteiger partial charge in [-0.1, -0.05) is 13.8 Å². The van der Waals surface area contributed by atoms with Gasteiger partial charge in [0, 0.05) is 32.1 Å². The lowest BCUT2D eigenvalue weighted by Gasteiger charge is -2.35. The number of carbonyl (C=O) groups is 1. The highest BCUT2D eigenvalue weighted by atomic mass is 16.4. The number of nitriles is 1. The van der Waals surface area contributed by atoms with Gasteiger partial charge in [0.2, 0.25) is 17.5 Å². The smallest absolute Gasteiger partial charge is 0.266 e. The number of carbonyl (C=O) groups excluding carboxylic acids is 1. The van der Waals surface area contributed by atoms with E-state index in [-0.39, 0.29) is 17.5 Å². The van der Waals surface area contributed by atoms with E-state index in [4.69, 9.17) is 8.83 Å². The van der Waals surface area contributed by atoms with Gasteiger partial charge < -0.3 is 18.6 Å². The Morgan fingerprint density at radius 2 is 2.09 bits per heavy atom. The molecule has 3 heterocycles. The number of hydrogen-bond donors (Lipinski definition) is 0. The number of oxazole rings is 1. The molecule has 120 valence electrons. The highest BCUT2D eigenvalue weighted by Crippen LogP contribution is 2.29. The van der Waals surface area contributed by atoms with Crippen molar-refractivity contribution >= 4 is 11.8 Å². The Morgan fingerprint density at radius 3 is 2.65 bits per heavy atom. The molecule has 7 nitrogen and oxygen atoms in total. The lowest BCUT2D eigenvalue weighted by atomic mass is 10.1. The lowest BCUT2D eigenvalue weighted by Crippen LogP contribution is -2.50. The zero-order valence-electron chi connectivity index (χ0n) is 13.2. The monoisotopic (exact) mass is 314 g/mol. The van der Waals surface area contributed by atoms with Crippen LogP contribution in [0.4, 0.5) is 5.88 Å². The standard InChI is InChI=1S/C16H18N4O3/c1-11(2)15(21)19-5-7-20(8-6-19)16-12(10-17)18-14(23-16)13-4-3-9-22-13/h3-4,9,11H,5-8H2,1-2H3. The zero-order chi connectivity index (χ0) is 16.4. The average Bonchev–Trinajstić information content (AvgIpc) is 3.23. The van der Waals surface area contributed by atoms with E-state index in [9.17, 15) is 10.1 Å². The summed E-state index contributed by atoms with van der Waals surface area (Å²) >= 11 is 0. The first-order chi connectivity index (χ1) is 11.1. The van der Waals surface area contributed by atoms with Crippen LogP contribution in [-0.2, 0) is 4.79 Å². The van der Waals surface area contributed by atoms with Crippen LogP contribution in [-0.4, -0.2) is 42.0 Å². The Morgan fingerprint density at radius 1 is 1.35 bits per heavy atom. The Balaban J connectivity index is 1.76. The Kier molecular flexibility index (Phi) is 4.06. The number of hydrogen-bond acceptors (Lipinski definition) is 6. The Hall–Kier alpha value is -2.75. The predicted molar refractivity (Wildman–Crippen MR) is 82.6 cm³/mol. The Labute approximate surface area is 134 Å². The molecule has 0 spiro atoms. The summed E-state index contributed by atoms with van der Waals surface area (Å²) in [7, 11) is 0. The summed E-state index contributed by atoms with van der Waals surface area (Å²) in [6.45, 7) is 6.24. The van der Waals surface area contributed by atoms with Gasteiger partial charge in [-0.25, -0.2) is 0 Å². The van der Waals surface area contributed by atoms with Crippen LogP contribution in [0.25, 0.3) is 11.7 Å². The summed E-state index contributed by atoms with van der Waals surface area (Å²) in [6, 6.07) is 5.53. The van der Waals surface area contributed by atoms with Crippen LogP contribution in [0.5, 0.6) is 0 Å². The molecule has 2 aromatic rings. The van der Waals surface area contributed by atoms with Crippen molar-refractivity contribution in [2.75, 3.05) is 31.1 Å². The maximum absolute atomic E-state index is 12.0. The molecule has 0 saturated carbocycles. The molecule has 0 aliphatic carbocycles. The van der Waals surface area contributed by atoms with Crippen LogP contribution in [0.3, 0.4) is 0 Å². The van der Waals surface area contributed by atoms with Gasteiger partial charge >= 0.3 is 0 Å². The number of furan rings is 1. The van der Waals surface area contributed by atoms with E-state index < -0.39 is 0 Å². The van der Waals surface area contributed by atoms with E-state index in [1.165, 1.54) is 6.26 Å². The van der Waals surface area contributed by atoms with Crippen molar-refractivity contribution in [1.29, 1.82) is 5.26 Å². The summed E-state index contributed by atoms with van der Waals surface area (Å²) in [5, 5.41) is 9.28. The van der Waals surface area contributed by atoms with Crippen LogP contribution in [0.1, 0.15) is 19.5 Å². The minimum Gasteiger partial charge on any atom is -0.459 e. The highest BCUT2D eigenvalue weighted by Gasteiger charge is 2.27. The largest absolute Gasteiger partial charge is 0.459 e. The predicted octanol–water partition coefficient (Wildman–Crippen LogP) is 2.11. The van der Waals surface area contributed by atoms with Crippen molar-refractivity contribution in [3.8, 4) is 17.7 Å². The van der Waals surface area contributed by atoms with E-state index >= 15 is 0 Å². The minimum absolute atomic E-state index is 0.00736. The van der Waals surface area contributed by atoms with E-state index in [2.05, 4.69) is 11.1 Å². The van der Waals surface area contributed by atoms with Crippen LogP contribution >= 0.6 is 0 Å². The molecule has 1 amide bonds. The van der Waals surface area contributed by atoms with Crippen molar-refractivity contribution in [3.63, 3.8) is 0 Å². The Bertz CT molecular complexity index is 719. The van der Waals surface area contributed by atoms with E-state index in [1.807, 2.05) is 23.6 Å². The third-order valence-electron chi connectivity index (χ3n) is 3.82. The molecule has 3 rings (SSSR count). The fraction of sp³-hybridized carbons (Fsp3) is 0.438. The normalized spacial score (nSPS) is 15.0. The lowest BCUT2D eigenvalue weighted by molar-refractivity contribution is -0.134. The van der Waals surface area contributed by atoms with Crippen LogP contribution in [0.2, 0.25) is 0 Å². The molecule has 0 bridgehead atoms. The fourth-order valence-electron chi connectivity index (χ4n) is 2.60. The van der Waals surface area contributed by atoms with E-state index in [0.717, 1.165) is 0 Å². The fourth-order valence-corrected chi connectivity index (χ4v) is 2.60. The third-order valence-corrected chi connectivity index (χ3v) is 3.82. The second kappa shape index (κ2) is 6.16. The molecule has 7 heteroatoms. The van der Waals surface area contributed by atoms with Gasteiger partial charge in [-0.2, -0.15) is 10.2 Å². The third kappa shape index (κ3) is 2.93. The van der Waals surface area contributed by atoms with Crippen molar-refractivity contribution in [2.24, 2.45) is 5.92 Å². The van der Waals surface area contributed by atoms with Crippen LogP contribution in [0, 0.1) is 17.2 Å². The summed E-state index contributed by atoms with van der Waals surface area (Å²) in [5.41, 5.74) is 0.236. The molecule has 1 aliphatic rings. The van der Waals surface area contributed by atoms with Gasteiger partial charge in [-0.15, -0.1) is 0 Å². The van der Waals surface area contributed by atoms with E-state index in [0.29, 0.717) is 43.7 Å². The first kappa shape index (κ1) is 15.2. The molecule has 2 aromatic heterocycles. The number of rotatable bonds is 3. The topological polar surface area (TPSA) is 86.5 Å². The summed E-state index contributed by atoms with van der Waals surface area (Å²) in [5.74, 6) is 1.37. The minimum atomic E-state index is -0.00736. The number of piperazine rings is 1. The van der Waals surface area contributed by atoms with Crippen molar-refractivity contribution in [2.45, 2.75) is 13.8 Å². The van der Waals surface area contributed by atoms with Crippen molar-refractivity contribution in [1.82, 2.24) is 9.88 Å². The first-order valence-electron chi connectivity index (χ1n) is 7.58.